The number of rotatable bonds is 2. The van der Waals surface area contributed by atoms with E-state index in [-0.39, 0.29) is 5.96 Å². The molecule has 0 atom stereocenters. The summed E-state index contributed by atoms with van der Waals surface area (Å²) in [7, 11) is -3.67. The van der Waals surface area contributed by atoms with Crippen molar-refractivity contribution in [1.29, 1.82) is 0 Å². The normalized spacial score (nSPS) is 13.0. The van der Waals surface area contributed by atoms with Crippen LogP contribution in [0.3, 0.4) is 0 Å². The van der Waals surface area contributed by atoms with Gasteiger partial charge in [-0.2, -0.15) is 13.4 Å². The molecule has 25 heavy (non-hydrogen) atoms. The van der Waals surface area contributed by atoms with Gasteiger partial charge in [0.1, 0.15) is 5.75 Å². The van der Waals surface area contributed by atoms with Gasteiger partial charge < -0.3 is 16.2 Å². The van der Waals surface area contributed by atoms with E-state index in [0.717, 1.165) is 16.0 Å². The van der Waals surface area contributed by atoms with E-state index in [9.17, 15) is 13.2 Å². The summed E-state index contributed by atoms with van der Waals surface area (Å²) < 4.78 is 31.6. The van der Waals surface area contributed by atoms with Crippen LogP contribution in [0.1, 0.15) is 24.5 Å². The highest BCUT2D eigenvalue weighted by Crippen LogP contribution is 2.30. The topological polar surface area (TPSA) is 145 Å². The van der Waals surface area contributed by atoms with Gasteiger partial charge in [-0.15, -0.1) is 0 Å². The second-order valence-corrected chi connectivity index (χ2v) is 7.20. The van der Waals surface area contributed by atoms with Gasteiger partial charge in [0.15, 0.2) is 5.96 Å². The summed E-state index contributed by atoms with van der Waals surface area (Å²) in [5, 5.41) is 0. The number of hydrogen-bond acceptors (Lipinski definition) is 5. The maximum absolute atomic E-state index is 11.9. The molecule has 0 saturated heterocycles. The van der Waals surface area contributed by atoms with Crippen LogP contribution < -0.4 is 16.2 Å². The molecule has 1 aromatic carbocycles. The van der Waals surface area contributed by atoms with Crippen LogP contribution in [0.15, 0.2) is 28.8 Å². The summed E-state index contributed by atoms with van der Waals surface area (Å²) in [4.78, 5) is 16.2. The second-order valence-electron chi connectivity index (χ2n) is 5.12. The number of nitrogens with two attached hydrogens (primary N) is 2. The molecule has 1 aliphatic rings. The predicted molar refractivity (Wildman–Crippen MR) is 100 cm³/mol. The molecular formula is C15H19N3O5S2. The highest BCUT2D eigenvalue weighted by atomic mass is 32.2. The standard InChI is InChI=1S/C14H15N3O2S.CH4O3S/c1-8(20)11-4-2-3-9-7-10(5-6-19-12(9)11)13(18)17-14(15)16;1-5(2,3)4/h2-4,7H,5-6H2,1H3,(H4,15,16,17,18);1H3,(H,2,3,4). The van der Waals surface area contributed by atoms with Gasteiger partial charge in [0, 0.05) is 28.0 Å². The van der Waals surface area contributed by atoms with Crippen LogP contribution in [0.5, 0.6) is 5.75 Å². The van der Waals surface area contributed by atoms with Gasteiger partial charge >= 0.3 is 0 Å². The minimum absolute atomic E-state index is 0.246. The molecule has 0 fully saturated rings. The Bertz CT molecular complexity index is 833. The van der Waals surface area contributed by atoms with Crippen LogP contribution in [0.2, 0.25) is 0 Å². The van der Waals surface area contributed by atoms with Gasteiger partial charge in [-0.3, -0.25) is 9.35 Å². The fourth-order valence-electron chi connectivity index (χ4n) is 1.99. The quantitative estimate of drug-likeness (QED) is 0.224. The fourth-order valence-corrected chi connectivity index (χ4v) is 2.15. The molecule has 1 heterocycles. The third-order valence-corrected chi connectivity index (χ3v) is 3.10. The average Bonchev–Trinajstić information content (AvgIpc) is 2.66. The summed E-state index contributed by atoms with van der Waals surface area (Å²) in [5.74, 6) is 0.0169. The molecule has 1 amide bonds. The van der Waals surface area contributed by atoms with Crippen molar-refractivity contribution < 1.29 is 22.5 Å². The number of fused-ring (bicyclic) bond motifs is 1. The molecule has 5 N–H and O–H groups in total. The first-order valence-corrected chi connectivity index (χ1v) is 9.28. The second kappa shape index (κ2) is 8.70. The minimum Gasteiger partial charge on any atom is -0.492 e. The first-order valence-electron chi connectivity index (χ1n) is 7.02. The Morgan fingerprint density at radius 3 is 2.48 bits per heavy atom. The summed E-state index contributed by atoms with van der Waals surface area (Å²) in [5.41, 5.74) is 12.6. The van der Waals surface area contributed by atoms with Crippen molar-refractivity contribution in [1.82, 2.24) is 0 Å². The smallest absolute Gasteiger partial charge is 0.276 e. The predicted octanol–water partition coefficient (Wildman–Crippen LogP) is 0.894. The molecule has 8 nitrogen and oxygen atoms in total. The third kappa shape index (κ3) is 7.42. The zero-order chi connectivity index (χ0) is 19.2. The number of aliphatic imine (C=N–C) groups is 1. The fraction of sp³-hybridized carbons (Fsp3) is 0.267. The number of ether oxygens (including phenoxy) is 1. The van der Waals surface area contributed by atoms with Crippen LogP contribution in [0.4, 0.5) is 0 Å². The number of para-hydroxylation sites is 1. The van der Waals surface area contributed by atoms with E-state index in [1.165, 1.54) is 0 Å². The first-order chi connectivity index (χ1) is 11.5. The van der Waals surface area contributed by atoms with Crippen molar-refractivity contribution in [2.24, 2.45) is 16.5 Å². The van der Waals surface area contributed by atoms with Crippen molar-refractivity contribution in [2.45, 2.75) is 13.3 Å². The highest BCUT2D eigenvalue weighted by Gasteiger charge is 2.17. The lowest BCUT2D eigenvalue weighted by molar-refractivity contribution is -0.114. The number of carbonyl (C=O) groups excluding carboxylic acids is 1. The Kier molecular flexibility index (Phi) is 7.22. The highest BCUT2D eigenvalue weighted by molar-refractivity contribution is 7.85. The number of hydrogen-bond donors (Lipinski definition) is 3. The van der Waals surface area contributed by atoms with E-state index in [2.05, 4.69) is 4.99 Å². The SMILES string of the molecule is CC(=S)c1cccc2c1OCCC(C(=O)N=C(N)N)=C2.CS(=O)(=O)O. The monoisotopic (exact) mass is 385 g/mol. The van der Waals surface area contributed by atoms with Gasteiger partial charge in [-0.25, -0.2) is 0 Å². The Hall–Kier alpha value is -2.30. The molecule has 10 heteroatoms. The number of thiocarbonyl (C=S) groups is 1. The lowest BCUT2D eigenvalue weighted by atomic mass is 10.0. The maximum atomic E-state index is 11.9. The average molecular weight is 385 g/mol. The Morgan fingerprint density at radius 2 is 1.96 bits per heavy atom. The van der Waals surface area contributed by atoms with Crippen LogP contribution in [0, 0.1) is 0 Å². The van der Waals surface area contributed by atoms with Crippen LogP contribution in [-0.2, 0) is 14.9 Å². The molecule has 0 bridgehead atoms. The van der Waals surface area contributed by atoms with E-state index in [4.69, 9.17) is 33.0 Å². The molecule has 0 unspecified atom stereocenters. The van der Waals surface area contributed by atoms with Crippen molar-refractivity contribution in [3.63, 3.8) is 0 Å². The lowest BCUT2D eigenvalue weighted by Crippen LogP contribution is -2.24. The molecule has 0 radical (unpaired) electrons. The van der Waals surface area contributed by atoms with Crippen molar-refractivity contribution >= 4 is 45.1 Å². The van der Waals surface area contributed by atoms with Gasteiger partial charge in [0.2, 0.25) is 0 Å². The third-order valence-electron chi connectivity index (χ3n) is 2.88. The zero-order valence-corrected chi connectivity index (χ0v) is 15.4. The van der Waals surface area contributed by atoms with E-state index < -0.39 is 16.0 Å². The van der Waals surface area contributed by atoms with Gasteiger partial charge in [0.25, 0.3) is 16.0 Å². The number of guanidine groups is 1. The van der Waals surface area contributed by atoms with E-state index in [1.54, 1.807) is 6.08 Å². The first kappa shape index (κ1) is 20.7. The molecule has 136 valence electrons. The Balaban J connectivity index is 0.000000550. The number of carbonyl (C=O) groups is 1. The summed E-state index contributed by atoms with van der Waals surface area (Å²) in [6, 6.07) is 5.64. The van der Waals surface area contributed by atoms with Crippen molar-refractivity contribution in [2.75, 3.05) is 12.9 Å². The largest absolute Gasteiger partial charge is 0.492 e. The number of benzene rings is 1. The van der Waals surface area contributed by atoms with Gasteiger partial charge in [0.05, 0.1) is 12.9 Å². The van der Waals surface area contributed by atoms with E-state index >= 15 is 0 Å². The molecule has 0 saturated carbocycles. The Morgan fingerprint density at radius 1 is 1.36 bits per heavy atom. The maximum Gasteiger partial charge on any atom is 0.276 e. The van der Waals surface area contributed by atoms with E-state index in [1.807, 2.05) is 25.1 Å². The number of amides is 1. The molecule has 0 aliphatic carbocycles. The van der Waals surface area contributed by atoms with Crippen LogP contribution >= 0.6 is 12.2 Å². The summed E-state index contributed by atoms with van der Waals surface area (Å²) in [6.45, 7) is 2.22. The van der Waals surface area contributed by atoms with Crippen molar-refractivity contribution in [3.05, 3.63) is 34.9 Å². The molecule has 0 aromatic heterocycles. The Labute approximate surface area is 151 Å². The summed E-state index contributed by atoms with van der Waals surface area (Å²) in [6.07, 6.45) is 2.91. The lowest BCUT2D eigenvalue weighted by Gasteiger charge is -2.11. The molecular weight excluding hydrogens is 366 g/mol. The molecule has 1 aliphatic heterocycles. The molecule has 2 rings (SSSR count). The summed E-state index contributed by atoms with van der Waals surface area (Å²) >= 11 is 5.21. The molecule has 1 aromatic rings. The van der Waals surface area contributed by atoms with E-state index in [0.29, 0.717) is 30.6 Å². The van der Waals surface area contributed by atoms with Crippen LogP contribution in [0.25, 0.3) is 6.08 Å². The zero-order valence-electron chi connectivity index (χ0n) is 13.7. The van der Waals surface area contributed by atoms with Gasteiger partial charge in [-0.1, -0.05) is 30.4 Å². The van der Waals surface area contributed by atoms with Crippen LogP contribution in [-0.4, -0.2) is 42.6 Å². The van der Waals surface area contributed by atoms with Crippen molar-refractivity contribution in [3.8, 4) is 5.75 Å². The number of nitrogens with zero attached hydrogens (tertiary/aromatic N) is 1. The van der Waals surface area contributed by atoms with Gasteiger partial charge in [-0.05, 0) is 13.0 Å². The minimum atomic E-state index is -3.67. The molecule has 0 spiro atoms.